The van der Waals surface area contributed by atoms with Gasteiger partial charge in [-0.05, 0) is 18.4 Å². The first-order chi connectivity index (χ1) is 8.26. The van der Waals surface area contributed by atoms with Gasteiger partial charge >= 0.3 is 0 Å². The Balaban J connectivity index is 2.57. The summed E-state index contributed by atoms with van der Waals surface area (Å²) < 4.78 is 8.26. The van der Waals surface area contributed by atoms with E-state index in [0.717, 1.165) is 17.2 Å². The van der Waals surface area contributed by atoms with Gasteiger partial charge in [0.05, 0.1) is 16.8 Å². The minimum Gasteiger partial charge on any atom is -0.271 e. The molecule has 0 atom stereocenters. The summed E-state index contributed by atoms with van der Waals surface area (Å²) in [5, 5.41) is 12.0. The summed E-state index contributed by atoms with van der Waals surface area (Å²) in [4.78, 5) is 4.28. The number of thioether (sulfide) groups is 1. The van der Waals surface area contributed by atoms with Crippen LogP contribution in [-0.2, 0) is 0 Å². The SMILES string of the molecule is CSC(=Nc1c(Cl)ccc2nsnc12)NC#N. The van der Waals surface area contributed by atoms with Crippen molar-refractivity contribution < 1.29 is 0 Å². The third-order valence-corrected chi connectivity index (χ3v) is 3.35. The molecule has 17 heavy (non-hydrogen) atoms. The first kappa shape index (κ1) is 12.1. The summed E-state index contributed by atoms with van der Waals surface area (Å²) in [7, 11) is 0. The van der Waals surface area contributed by atoms with Crippen LogP contribution >= 0.6 is 35.1 Å². The maximum absolute atomic E-state index is 8.57. The molecule has 5 nitrogen and oxygen atoms in total. The van der Waals surface area contributed by atoms with Gasteiger partial charge < -0.3 is 0 Å². The quantitative estimate of drug-likeness (QED) is 0.377. The molecular formula is C9H6ClN5S2. The molecule has 0 aliphatic rings. The summed E-state index contributed by atoms with van der Waals surface area (Å²) >= 11 is 8.50. The molecule has 1 heterocycles. The number of aromatic nitrogens is 2. The van der Waals surface area contributed by atoms with Gasteiger partial charge in [0, 0.05) is 0 Å². The Morgan fingerprint density at radius 3 is 3.12 bits per heavy atom. The van der Waals surface area contributed by atoms with Crippen molar-refractivity contribution in [2.75, 3.05) is 6.26 Å². The highest BCUT2D eigenvalue weighted by molar-refractivity contribution is 8.13. The standard InChI is InChI=1S/C9H6ClN5S2/c1-16-9(12-4-11)13-7-5(10)2-3-6-8(7)15-17-14-6/h2-3H,1H3,(H,12,13). The van der Waals surface area contributed by atoms with E-state index in [2.05, 4.69) is 19.1 Å². The number of nitriles is 1. The number of amidine groups is 1. The van der Waals surface area contributed by atoms with E-state index in [1.54, 1.807) is 12.1 Å². The number of hydrogen-bond donors (Lipinski definition) is 1. The Morgan fingerprint density at radius 1 is 1.59 bits per heavy atom. The Kier molecular flexibility index (Phi) is 3.78. The van der Waals surface area contributed by atoms with Crippen LogP contribution in [0.25, 0.3) is 11.0 Å². The number of benzene rings is 1. The molecule has 1 aromatic carbocycles. The normalized spacial score (nSPS) is 11.5. The van der Waals surface area contributed by atoms with Crippen LogP contribution in [0.2, 0.25) is 5.02 Å². The van der Waals surface area contributed by atoms with Gasteiger partial charge in [-0.2, -0.15) is 14.0 Å². The van der Waals surface area contributed by atoms with Crippen molar-refractivity contribution in [2.45, 2.75) is 0 Å². The molecule has 1 aromatic heterocycles. The van der Waals surface area contributed by atoms with Crippen molar-refractivity contribution in [3.05, 3.63) is 17.2 Å². The molecule has 0 aliphatic heterocycles. The molecule has 1 N–H and O–H groups in total. The van der Waals surface area contributed by atoms with E-state index in [0.29, 0.717) is 21.4 Å². The highest BCUT2D eigenvalue weighted by Gasteiger charge is 2.10. The van der Waals surface area contributed by atoms with Gasteiger partial charge in [0.25, 0.3) is 0 Å². The van der Waals surface area contributed by atoms with Crippen LogP contribution in [0.4, 0.5) is 5.69 Å². The summed E-state index contributed by atoms with van der Waals surface area (Å²) in [6.45, 7) is 0. The summed E-state index contributed by atoms with van der Waals surface area (Å²) in [5.41, 5.74) is 1.93. The molecular weight excluding hydrogens is 278 g/mol. The predicted molar refractivity (Wildman–Crippen MR) is 71.8 cm³/mol. The molecule has 0 unspecified atom stereocenters. The molecule has 0 radical (unpaired) electrons. The first-order valence-corrected chi connectivity index (χ1v) is 6.78. The second-order valence-electron chi connectivity index (χ2n) is 2.89. The molecule has 0 saturated heterocycles. The third-order valence-electron chi connectivity index (χ3n) is 1.92. The molecule has 0 amide bonds. The predicted octanol–water partition coefficient (Wildman–Crippen LogP) is 2.77. The lowest BCUT2D eigenvalue weighted by Crippen LogP contribution is -2.12. The Hall–Kier alpha value is -1.36. The number of nitrogens with one attached hydrogen (secondary N) is 1. The van der Waals surface area contributed by atoms with E-state index in [9.17, 15) is 0 Å². The van der Waals surface area contributed by atoms with Crippen LogP contribution in [0.5, 0.6) is 0 Å². The number of aliphatic imine (C=N–C) groups is 1. The smallest absolute Gasteiger partial charge is 0.183 e. The fraction of sp³-hybridized carbons (Fsp3) is 0.111. The van der Waals surface area contributed by atoms with Gasteiger partial charge in [-0.15, -0.1) is 0 Å². The minimum atomic E-state index is 0.468. The number of fused-ring (bicyclic) bond motifs is 1. The number of nitrogens with zero attached hydrogens (tertiary/aromatic N) is 4. The number of rotatable bonds is 1. The van der Waals surface area contributed by atoms with E-state index in [4.69, 9.17) is 16.9 Å². The number of halogens is 1. The minimum absolute atomic E-state index is 0.468. The Bertz CT molecular complexity index is 615. The van der Waals surface area contributed by atoms with Gasteiger partial charge in [0.2, 0.25) is 0 Å². The third kappa shape index (κ3) is 2.49. The van der Waals surface area contributed by atoms with Gasteiger partial charge in [-0.25, -0.2) is 4.99 Å². The summed E-state index contributed by atoms with van der Waals surface area (Å²) in [5.74, 6) is 0. The van der Waals surface area contributed by atoms with E-state index in [-0.39, 0.29) is 0 Å². The second kappa shape index (κ2) is 5.31. The molecule has 86 valence electrons. The molecule has 0 saturated carbocycles. The Labute approximate surface area is 111 Å². The molecule has 0 bridgehead atoms. The zero-order valence-electron chi connectivity index (χ0n) is 8.64. The molecule has 2 rings (SSSR count). The Morgan fingerprint density at radius 2 is 2.41 bits per heavy atom. The van der Waals surface area contributed by atoms with Crippen LogP contribution in [0.1, 0.15) is 0 Å². The van der Waals surface area contributed by atoms with E-state index in [1.807, 2.05) is 12.4 Å². The van der Waals surface area contributed by atoms with Crippen molar-refractivity contribution >= 4 is 57.0 Å². The van der Waals surface area contributed by atoms with Crippen LogP contribution < -0.4 is 5.32 Å². The van der Waals surface area contributed by atoms with Gasteiger partial charge in [0.1, 0.15) is 16.7 Å². The maximum Gasteiger partial charge on any atom is 0.183 e. The van der Waals surface area contributed by atoms with Crippen molar-refractivity contribution in [3.63, 3.8) is 0 Å². The lowest BCUT2D eigenvalue weighted by Gasteiger charge is -2.02. The second-order valence-corrected chi connectivity index (χ2v) is 4.62. The monoisotopic (exact) mass is 283 g/mol. The van der Waals surface area contributed by atoms with E-state index < -0.39 is 0 Å². The highest BCUT2D eigenvalue weighted by Crippen LogP contribution is 2.32. The fourth-order valence-corrected chi connectivity index (χ4v) is 2.26. The van der Waals surface area contributed by atoms with E-state index >= 15 is 0 Å². The highest BCUT2D eigenvalue weighted by atomic mass is 35.5. The van der Waals surface area contributed by atoms with Crippen LogP contribution in [0, 0.1) is 11.5 Å². The van der Waals surface area contributed by atoms with Gasteiger partial charge in [-0.1, -0.05) is 23.4 Å². The largest absolute Gasteiger partial charge is 0.271 e. The lowest BCUT2D eigenvalue weighted by atomic mass is 10.3. The van der Waals surface area contributed by atoms with Crippen molar-refractivity contribution in [1.82, 2.24) is 14.1 Å². The molecule has 0 spiro atoms. The molecule has 0 aliphatic carbocycles. The van der Waals surface area contributed by atoms with Crippen molar-refractivity contribution in [2.24, 2.45) is 4.99 Å². The zero-order valence-corrected chi connectivity index (χ0v) is 11.0. The lowest BCUT2D eigenvalue weighted by molar-refractivity contribution is 1.28. The summed E-state index contributed by atoms with van der Waals surface area (Å²) in [6.07, 6.45) is 3.64. The molecule has 0 fully saturated rings. The van der Waals surface area contributed by atoms with Crippen molar-refractivity contribution in [3.8, 4) is 6.19 Å². The van der Waals surface area contributed by atoms with Crippen molar-refractivity contribution in [1.29, 1.82) is 5.26 Å². The average molecular weight is 284 g/mol. The maximum atomic E-state index is 8.57. The molecule has 8 heteroatoms. The first-order valence-electron chi connectivity index (χ1n) is 4.45. The van der Waals surface area contributed by atoms with E-state index in [1.165, 1.54) is 11.8 Å². The fourth-order valence-electron chi connectivity index (χ4n) is 1.19. The summed E-state index contributed by atoms with van der Waals surface area (Å²) in [6, 6.07) is 3.51. The van der Waals surface area contributed by atoms with Gasteiger partial charge in [-0.3, -0.25) is 5.32 Å². The number of hydrogen-bond acceptors (Lipinski definition) is 6. The average Bonchev–Trinajstić information content (AvgIpc) is 2.80. The van der Waals surface area contributed by atoms with Gasteiger partial charge in [0.15, 0.2) is 11.4 Å². The van der Waals surface area contributed by atoms with Crippen LogP contribution in [0.15, 0.2) is 17.1 Å². The molecule has 2 aromatic rings. The topological polar surface area (TPSA) is 74.0 Å². The zero-order chi connectivity index (χ0) is 12.3. The van der Waals surface area contributed by atoms with Crippen LogP contribution in [-0.4, -0.2) is 20.2 Å². The van der Waals surface area contributed by atoms with Crippen LogP contribution in [0.3, 0.4) is 0 Å².